The van der Waals surface area contributed by atoms with Crippen LogP contribution >= 0.6 is 7.82 Å². The number of hydrogen-bond acceptors (Lipinski definition) is 5. The molecule has 176 valence electrons. The van der Waals surface area contributed by atoms with Crippen molar-refractivity contribution in [1.82, 2.24) is 4.57 Å². The highest BCUT2D eigenvalue weighted by atomic mass is 31.2. The maximum atomic E-state index is 14.0. The Kier molecular flexibility index (Phi) is 7.76. The van der Waals surface area contributed by atoms with Gasteiger partial charge in [-0.15, -0.1) is 0 Å². The highest BCUT2D eigenvalue weighted by molar-refractivity contribution is 7.48. The van der Waals surface area contributed by atoms with Gasteiger partial charge in [-0.25, -0.2) is 4.57 Å². The zero-order chi connectivity index (χ0) is 24.0. The van der Waals surface area contributed by atoms with Crippen molar-refractivity contribution in [1.29, 1.82) is 0 Å². The van der Waals surface area contributed by atoms with Crippen molar-refractivity contribution in [2.24, 2.45) is 0 Å². The van der Waals surface area contributed by atoms with Crippen molar-refractivity contribution in [2.75, 3.05) is 13.2 Å². The molecule has 0 fully saturated rings. The molecule has 4 rings (SSSR count). The third-order valence-electron chi connectivity index (χ3n) is 5.47. The van der Waals surface area contributed by atoms with Gasteiger partial charge in [-0.05, 0) is 31.0 Å². The molecule has 6 nitrogen and oxygen atoms in total. The van der Waals surface area contributed by atoms with Crippen molar-refractivity contribution in [3.8, 4) is 11.1 Å². The molecule has 0 bridgehead atoms. The average Bonchev–Trinajstić information content (AvgIpc) is 2.86. The van der Waals surface area contributed by atoms with Crippen LogP contribution in [0, 0.1) is 0 Å². The first-order valence-electron chi connectivity index (χ1n) is 11.3. The van der Waals surface area contributed by atoms with Crippen molar-refractivity contribution < 1.29 is 18.1 Å². The Morgan fingerprint density at radius 3 is 2.00 bits per heavy atom. The van der Waals surface area contributed by atoms with E-state index in [1.165, 1.54) is 0 Å². The van der Waals surface area contributed by atoms with Gasteiger partial charge in [0, 0.05) is 10.9 Å². The van der Waals surface area contributed by atoms with Crippen LogP contribution < -0.4 is 5.56 Å². The predicted octanol–water partition coefficient (Wildman–Crippen LogP) is 6.41. The summed E-state index contributed by atoms with van der Waals surface area (Å²) in [5.41, 5.74) is 3.58. The maximum Gasteiger partial charge on any atom is 0.475 e. The van der Waals surface area contributed by atoms with Gasteiger partial charge in [0.15, 0.2) is 0 Å². The van der Waals surface area contributed by atoms with Gasteiger partial charge in [0.1, 0.15) is 0 Å². The lowest BCUT2D eigenvalue weighted by molar-refractivity contribution is 0.116. The Hall–Kier alpha value is -3.02. The summed E-state index contributed by atoms with van der Waals surface area (Å²) in [6.45, 7) is 4.15. The number of para-hydroxylation sites is 1. The van der Waals surface area contributed by atoms with Gasteiger partial charge in [0.05, 0.1) is 37.4 Å². The van der Waals surface area contributed by atoms with E-state index in [2.05, 4.69) is 0 Å². The SMILES string of the molecule is CCOP(=O)(OCC)OCc1c(-c2ccccc2)c(=O)n(Cc2ccccc2)c2ccccc12. The van der Waals surface area contributed by atoms with E-state index in [1.807, 2.05) is 84.9 Å². The lowest BCUT2D eigenvalue weighted by Crippen LogP contribution is -2.25. The number of fused-ring (bicyclic) bond motifs is 1. The summed E-state index contributed by atoms with van der Waals surface area (Å²) in [5, 5.41) is 0.844. The Balaban J connectivity index is 1.92. The molecule has 1 aromatic heterocycles. The molecule has 7 heteroatoms. The summed E-state index contributed by atoms with van der Waals surface area (Å²) >= 11 is 0. The highest BCUT2D eigenvalue weighted by Gasteiger charge is 2.27. The molecule has 4 aromatic rings. The number of phosphoric acid groups is 1. The van der Waals surface area contributed by atoms with Gasteiger partial charge in [0.25, 0.3) is 5.56 Å². The Labute approximate surface area is 199 Å². The van der Waals surface area contributed by atoms with Crippen LogP contribution in [0.1, 0.15) is 25.0 Å². The van der Waals surface area contributed by atoms with Crippen LogP contribution in [0.5, 0.6) is 0 Å². The fourth-order valence-electron chi connectivity index (χ4n) is 4.02. The summed E-state index contributed by atoms with van der Waals surface area (Å²) < 4.78 is 31.2. The van der Waals surface area contributed by atoms with Gasteiger partial charge in [-0.2, -0.15) is 0 Å². The number of benzene rings is 3. The topological polar surface area (TPSA) is 66.8 Å². The van der Waals surface area contributed by atoms with Crippen molar-refractivity contribution >= 4 is 18.7 Å². The Bertz CT molecular complexity index is 1340. The molecule has 0 saturated heterocycles. The normalized spacial score (nSPS) is 11.7. The molecular formula is C27H28NO5P. The van der Waals surface area contributed by atoms with E-state index in [0.29, 0.717) is 17.7 Å². The van der Waals surface area contributed by atoms with Crippen LogP contribution in [0.3, 0.4) is 0 Å². The molecule has 3 aromatic carbocycles. The summed E-state index contributed by atoms with van der Waals surface area (Å²) in [6, 6.07) is 27.0. The standard InChI is InChI=1S/C27H28NO5P/c1-3-31-34(30,32-4-2)33-20-24-23-17-11-12-18-25(23)28(19-21-13-7-5-8-14-21)27(29)26(24)22-15-9-6-10-16-22/h5-18H,3-4,19-20H2,1-2H3. The molecule has 1 heterocycles. The maximum absolute atomic E-state index is 14.0. The van der Waals surface area contributed by atoms with Gasteiger partial charge in [-0.3, -0.25) is 18.4 Å². The first kappa shape index (κ1) is 24.1. The smallest absolute Gasteiger partial charge is 0.303 e. The molecule has 0 N–H and O–H groups in total. The second-order valence-corrected chi connectivity index (χ2v) is 9.34. The molecule has 0 radical (unpaired) electrons. The van der Waals surface area contributed by atoms with Crippen molar-refractivity contribution in [3.63, 3.8) is 0 Å². The van der Waals surface area contributed by atoms with Gasteiger partial charge < -0.3 is 4.57 Å². The summed E-state index contributed by atoms with van der Waals surface area (Å²) in [4.78, 5) is 14.0. The molecule has 34 heavy (non-hydrogen) atoms. The van der Waals surface area contributed by atoms with Crippen LogP contribution in [-0.2, 0) is 31.3 Å². The van der Waals surface area contributed by atoms with E-state index >= 15 is 0 Å². The number of aromatic nitrogens is 1. The van der Waals surface area contributed by atoms with Crippen LogP contribution in [-0.4, -0.2) is 17.8 Å². The highest BCUT2D eigenvalue weighted by Crippen LogP contribution is 2.50. The Morgan fingerprint density at radius 2 is 1.35 bits per heavy atom. The minimum Gasteiger partial charge on any atom is -0.303 e. The molecule has 0 saturated carbocycles. The number of phosphoric ester groups is 1. The van der Waals surface area contributed by atoms with E-state index < -0.39 is 7.82 Å². The minimum atomic E-state index is -3.76. The second-order valence-electron chi connectivity index (χ2n) is 7.67. The van der Waals surface area contributed by atoms with E-state index in [-0.39, 0.29) is 25.4 Å². The molecule has 0 atom stereocenters. The van der Waals surface area contributed by atoms with Crippen LogP contribution in [0.4, 0.5) is 0 Å². The zero-order valence-electron chi connectivity index (χ0n) is 19.3. The van der Waals surface area contributed by atoms with Gasteiger partial charge in [-0.1, -0.05) is 78.9 Å². The monoisotopic (exact) mass is 477 g/mol. The van der Waals surface area contributed by atoms with E-state index in [4.69, 9.17) is 13.6 Å². The van der Waals surface area contributed by atoms with E-state index in [0.717, 1.165) is 22.0 Å². The molecule has 0 unspecified atom stereocenters. The van der Waals surface area contributed by atoms with Crippen LogP contribution in [0.15, 0.2) is 89.7 Å². The minimum absolute atomic E-state index is 0.0938. The van der Waals surface area contributed by atoms with Crippen LogP contribution in [0.2, 0.25) is 0 Å². The average molecular weight is 477 g/mol. The summed E-state index contributed by atoms with van der Waals surface area (Å²) in [7, 11) is -3.76. The number of rotatable bonds is 10. The third-order valence-corrected chi connectivity index (χ3v) is 7.06. The summed E-state index contributed by atoms with van der Waals surface area (Å²) in [5.74, 6) is 0. The molecule has 0 amide bonds. The second kappa shape index (κ2) is 10.9. The Morgan fingerprint density at radius 1 is 0.765 bits per heavy atom. The van der Waals surface area contributed by atoms with Gasteiger partial charge >= 0.3 is 7.82 Å². The molecule has 0 aliphatic heterocycles. The van der Waals surface area contributed by atoms with E-state index in [1.54, 1.807) is 18.4 Å². The van der Waals surface area contributed by atoms with Crippen LogP contribution in [0.25, 0.3) is 22.0 Å². The molecule has 0 aliphatic carbocycles. The predicted molar refractivity (Wildman–Crippen MR) is 135 cm³/mol. The van der Waals surface area contributed by atoms with Crippen molar-refractivity contribution in [3.05, 3.63) is 106 Å². The van der Waals surface area contributed by atoms with E-state index in [9.17, 15) is 9.36 Å². The molecular weight excluding hydrogens is 449 g/mol. The third kappa shape index (κ3) is 5.21. The summed E-state index contributed by atoms with van der Waals surface area (Å²) in [6.07, 6.45) is 0. The number of nitrogens with zero attached hydrogens (tertiary/aromatic N) is 1. The largest absolute Gasteiger partial charge is 0.475 e. The molecule has 0 spiro atoms. The zero-order valence-corrected chi connectivity index (χ0v) is 20.2. The first-order valence-corrected chi connectivity index (χ1v) is 12.8. The first-order chi connectivity index (χ1) is 16.6. The quantitative estimate of drug-likeness (QED) is 0.247. The fourth-order valence-corrected chi connectivity index (χ4v) is 5.16. The molecule has 0 aliphatic rings. The lowest BCUT2D eigenvalue weighted by Gasteiger charge is -2.21. The fraction of sp³-hybridized carbons (Fsp3) is 0.222. The number of pyridine rings is 1. The number of hydrogen-bond donors (Lipinski definition) is 0. The van der Waals surface area contributed by atoms with Gasteiger partial charge in [0.2, 0.25) is 0 Å². The lowest BCUT2D eigenvalue weighted by atomic mass is 9.97. The van der Waals surface area contributed by atoms with Crippen molar-refractivity contribution in [2.45, 2.75) is 27.0 Å².